The predicted octanol–water partition coefficient (Wildman–Crippen LogP) is 3.25. The van der Waals surface area contributed by atoms with Crippen LogP contribution in [0.2, 0.25) is 0 Å². The third-order valence-corrected chi connectivity index (χ3v) is 3.09. The molecule has 1 unspecified atom stereocenters. The van der Waals surface area contributed by atoms with Gasteiger partial charge in [0.05, 0.1) is 11.3 Å². The number of aryl methyl sites for hydroxylation is 1. The van der Waals surface area contributed by atoms with Crippen LogP contribution in [0.1, 0.15) is 33.5 Å². The number of nitrogens with zero attached hydrogens (tertiary/aromatic N) is 1. The lowest BCUT2D eigenvalue weighted by atomic mass is 10.0. The van der Waals surface area contributed by atoms with Crippen molar-refractivity contribution in [2.24, 2.45) is 0 Å². The monoisotopic (exact) mass is 259 g/mol. The van der Waals surface area contributed by atoms with Crippen LogP contribution in [0.3, 0.4) is 0 Å². The number of halogens is 1. The number of hydrogen-bond acceptors (Lipinski definition) is 3. The van der Waals surface area contributed by atoms with E-state index in [0.29, 0.717) is 11.3 Å². The van der Waals surface area contributed by atoms with Crippen LogP contribution in [0.25, 0.3) is 0 Å². The highest BCUT2D eigenvalue weighted by Gasteiger charge is 2.30. The van der Waals surface area contributed by atoms with Crippen LogP contribution in [-0.4, -0.2) is 16.1 Å². The molecule has 1 aliphatic rings. The van der Waals surface area contributed by atoms with Crippen LogP contribution >= 0.6 is 0 Å². The minimum atomic E-state index is -1.40. The van der Waals surface area contributed by atoms with Gasteiger partial charge < -0.3 is 9.84 Å². The number of carbonyl (C=O) groups is 1. The normalized spacial score (nSPS) is 16.2. The minimum Gasteiger partial charge on any atom is -0.478 e. The number of pyridine rings is 1. The molecule has 1 aromatic heterocycles. The molecule has 2 heterocycles. The summed E-state index contributed by atoms with van der Waals surface area (Å²) in [5.41, 5.74) is 0.827. The molecule has 19 heavy (non-hydrogen) atoms. The van der Waals surface area contributed by atoms with Gasteiger partial charge in [-0.3, -0.25) is 0 Å². The Kier molecular flexibility index (Phi) is 2.48. The quantitative estimate of drug-likeness (QED) is 0.854. The number of hydrogen-bond donors (Lipinski definition) is 1. The van der Waals surface area contributed by atoms with Crippen molar-refractivity contribution in [2.45, 2.75) is 13.1 Å². The fraction of sp³-hybridized carbons (Fsp3) is 0.143. The predicted molar refractivity (Wildman–Crippen MR) is 65.4 cm³/mol. The number of aromatic carboxylic acids is 1. The van der Waals surface area contributed by atoms with Crippen molar-refractivity contribution in [1.29, 1.82) is 0 Å². The van der Waals surface area contributed by atoms with E-state index in [-0.39, 0.29) is 22.7 Å². The van der Waals surface area contributed by atoms with Crippen LogP contribution in [0, 0.1) is 6.92 Å². The number of rotatable bonds is 1. The summed E-state index contributed by atoms with van der Waals surface area (Å²) in [5.74, 6) is -0.552. The largest absolute Gasteiger partial charge is 0.478 e. The molecule has 0 spiro atoms. The second kappa shape index (κ2) is 4.05. The first-order valence-electron chi connectivity index (χ1n) is 5.73. The average Bonchev–Trinajstić information content (AvgIpc) is 2.39. The smallest absolute Gasteiger partial charge is 0.337 e. The van der Waals surface area contributed by atoms with Crippen molar-refractivity contribution in [2.75, 3.05) is 0 Å². The summed E-state index contributed by atoms with van der Waals surface area (Å²) in [6.45, 7) is 1.54. The van der Waals surface area contributed by atoms with Crippen LogP contribution in [-0.2, 0) is 0 Å². The zero-order valence-corrected chi connectivity index (χ0v) is 10.1. The zero-order chi connectivity index (χ0) is 13.6. The third-order valence-electron chi connectivity index (χ3n) is 3.09. The van der Waals surface area contributed by atoms with E-state index in [4.69, 9.17) is 9.84 Å². The molecule has 0 amide bonds. The molecule has 0 saturated carbocycles. The Hall–Kier alpha value is -2.43. The summed E-state index contributed by atoms with van der Waals surface area (Å²) >= 11 is 0. The molecule has 1 aromatic carbocycles. The highest BCUT2D eigenvalue weighted by Crippen LogP contribution is 2.44. The third kappa shape index (κ3) is 1.74. The van der Waals surface area contributed by atoms with Gasteiger partial charge >= 0.3 is 5.97 Å². The van der Waals surface area contributed by atoms with Crippen molar-refractivity contribution in [1.82, 2.24) is 4.98 Å². The first-order chi connectivity index (χ1) is 9.08. The summed E-state index contributed by atoms with van der Waals surface area (Å²) in [6.07, 6.45) is -1.40. The van der Waals surface area contributed by atoms with E-state index in [1.807, 2.05) is 0 Å². The number of carboxylic acid groups (broad SMARTS) is 1. The lowest BCUT2D eigenvalue weighted by Gasteiger charge is -2.23. The SMILES string of the molecule is Cc1nc2c(cc1C(=O)O)Oc1ccccc1C2F. The van der Waals surface area contributed by atoms with Crippen molar-refractivity contribution >= 4 is 5.97 Å². The first kappa shape index (κ1) is 11.6. The summed E-state index contributed by atoms with van der Waals surface area (Å²) in [6, 6.07) is 8.05. The summed E-state index contributed by atoms with van der Waals surface area (Å²) in [7, 11) is 0. The Morgan fingerprint density at radius 1 is 1.37 bits per heavy atom. The number of carboxylic acids is 1. The molecule has 0 bridgehead atoms. The molecule has 1 aliphatic heterocycles. The Balaban J connectivity index is 2.18. The maximum Gasteiger partial charge on any atom is 0.337 e. The number of ether oxygens (including phenoxy) is 1. The molecule has 4 nitrogen and oxygen atoms in total. The molecule has 0 aliphatic carbocycles. The van der Waals surface area contributed by atoms with Gasteiger partial charge in [0.15, 0.2) is 11.9 Å². The van der Waals surface area contributed by atoms with Gasteiger partial charge in [-0.25, -0.2) is 14.2 Å². The summed E-state index contributed by atoms with van der Waals surface area (Å²) in [4.78, 5) is 15.1. The first-order valence-corrected chi connectivity index (χ1v) is 5.73. The van der Waals surface area contributed by atoms with E-state index < -0.39 is 12.1 Å². The molecular weight excluding hydrogens is 249 g/mol. The molecule has 0 radical (unpaired) electrons. The minimum absolute atomic E-state index is 0.0188. The van der Waals surface area contributed by atoms with Gasteiger partial charge in [-0.05, 0) is 19.1 Å². The van der Waals surface area contributed by atoms with Crippen molar-refractivity contribution in [3.05, 3.63) is 52.8 Å². The van der Waals surface area contributed by atoms with Crippen molar-refractivity contribution < 1.29 is 19.0 Å². The molecule has 0 fully saturated rings. The van der Waals surface area contributed by atoms with Crippen molar-refractivity contribution in [3.63, 3.8) is 0 Å². The number of para-hydroxylation sites is 1. The van der Waals surface area contributed by atoms with Crippen molar-refractivity contribution in [3.8, 4) is 11.5 Å². The number of benzene rings is 1. The molecule has 1 atom stereocenters. The lowest BCUT2D eigenvalue weighted by molar-refractivity contribution is 0.0695. The number of fused-ring (bicyclic) bond motifs is 2. The highest BCUT2D eigenvalue weighted by molar-refractivity contribution is 5.89. The Bertz CT molecular complexity index is 684. The standard InChI is InChI=1S/C14H10FNO3/c1-7-9(14(17)18)6-11-13(16-7)12(15)8-4-2-3-5-10(8)19-11/h2-6,12H,1H3,(H,17,18). The van der Waals surface area contributed by atoms with E-state index in [1.54, 1.807) is 24.3 Å². The van der Waals surface area contributed by atoms with Crippen LogP contribution < -0.4 is 4.74 Å². The molecule has 5 heteroatoms. The van der Waals surface area contributed by atoms with Crippen LogP contribution in [0.15, 0.2) is 30.3 Å². The summed E-state index contributed by atoms with van der Waals surface area (Å²) in [5, 5.41) is 9.04. The Morgan fingerprint density at radius 3 is 2.84 bits per heavy atom. The average molecular weight is 259 g/mol. The molecule has 96 valence electrons. The molecule has 3 rings (SSSR count). The van der Waals surface area contributed by atoms with Gasteiger partial charge in [0.25, 0.3) is 0 Å². The maximum atomic E-state index is 14.4. The van der Waals surface area contributed by atoms with E-state index in [9.17, 15) is 9.18 Å². The fourth-order valence-corrected chi connectivity index (χ4v) is 2.13. The maximum absolute atomic E-state index is 14.4. The van der Waals surface area contributed by atoms with Gasteiger partial charge in [-0.2, -0.15) is 0 Å². The molecule has 2 aromatic rings. The number of alkyl halides is 1. The van der Waals surface area contributed by atoms with Gasteiger partial charge in [0.2, 0.25) is 0 Å². The van der Waals surface area contributed by atoms with Crippen LogP contribution in [0.4, 0.5) is 4.39 Å². The zero-order valence-electron chi connectivity index (χ0n) is 10.1. The fourth-order valence-electron chi connectivity index (χ4n) is 2.13. The van der Waals surface area contributed by atoms with E-state index in [1.165, 1.54) is 13.0 Å². The van der Waals surface area contributed by atoms with Gasteiger partial charge in [0, 0.05) is 5.56 Å². The van der Waals surface area contributed by atoms with Gasteiger partial charge in [-0.15, -0.1) is 0 Å². The van der Waals surface area contributed by atoms with E-state index in [0.717, 1.165) is 0 Å². The second-order valence-corrected chi connectivity index (χ2v) is 4.31. The van der Waals surface area contributed by atoms with Gasteiger partial charge in [0.1, 0.15) is 11.4 Å². The summed E-state index contributed by atoms with van der Waals surface area (Å²) < 4.78 is 19.9. The molecule has 0 saturated heterocycles. The molecule has 1 N–H and O–H groups in total. The highest BCUT2D eigenvalue weighted by atomic mass is 19.1. The van der Waals surface area contributed by atoms with Crippen LogP contribution in [0.5, 0.6) is 11.5 Å². The van der Waals surface area contributed by atoms with E-state index >= 15 is 0 Å². The lowest BCUT2D eigenvalue weighted by Crippen LogP contribution is -2.12. The topological polar surface area (TPSA) is 59.4 Å². The Morgan fingerprint density at radius 2 is 2.11 bits per heavy atom. The second-order valence-electron chi connectivity index (χ2n) is 4.31. The number of aromatic nitrogens is 1. The van der Waals surface area contributed by atoms with E-state index in [2.05, 4.69) is 4.98 Å². The van der Waals surface area contributed by atoms with Gasteiger partial charge in [-0.1, -0.05) is 18.2 Å². The molecular formula is C14H10FNO3. The Labute approximate surface area is 108 Å².